The van der Waals surface area contributed by atoms with E-state index >= 15 is 0 Å². The first-order valence-electron chi connectivity index (χ1n) is 7.17. The SMILES string of the molecule is CS[C@@H]1CCCC[C@@H]1NC(=O)CC1(O)CCCC1. The van der Waals surface area contributed by atoms with Crippen LogP contribution in [0.25, 0.3) is 0 Å². The summed E-state index contributed by atoms with van der Waals surface area (Å²) in [4.78, 5) is 12.1. The Bertz CT molecular complexity index is 290. The molecule has 0 heterocycles. The van der Waals surface area contributed by atoms with Gasteiger partial charge < -0.3 is 10.4 Å². The third-order valence-corrected chi connectivity index (χ3v) is 5.55. The van der Waals surface area contributed by atoms with E-state index in [9.17, 15) is 9.90 Å². The maximum atomic E-state index is 12.1. The molecule has 2 N–H and O–H groups in total. The molecule has 18 heavy (non-hydrogen) atoms. The number of hydrogen-bond acceptors (Lipinski definition) is 3. The number of aliphatic hydroxyl groups is 1. The zero-order valence-electron chi connectivity index (χ0n) is 11.3. The van der Waals surface area contributed by atoms with Gasteiger partial charge in [0.25, 0.3) is 0 Å². The van der Waals surface area contributed by atoms with Gasteiger partial charge in [-0.05, 0) is 31.9 Å². The molecule has 4 heteroatoms. The van der Waals surface area contributed by atoms with Gasteiger partial charge in [-0.25, -0.2) is 0 Å². The Kier molecular flexibility index (Phi) is 4.96. The highest BCUT2D eigenvalue weighted by molar-refractivity contribution is 7.99. The van der Waals surface area contributed by atoms with Crippen LogP contribution in [0.3, 0.4) is 0 Å². The Labute approximate surface area is 114 Å². The fourth-order valence-corrected chi connectivity index (χ4v) is 4.25. The number of nitrogens with one attached hydrogen (secondary N) is 1. The molecular formula is C14H25NO2S. The molecule has 0 aromatic carbocycles. The van der Waals surface area contributed by atoms with E-state index in [1.807, 2.05) is 11.8 Å². The second-order valence-electron chi connectivity index (χ2n) is 5.84. The topological polar surface area (TPSA) is 49.3 Å². The lowest BCUT2D eigenvalue weighted by molar-refractivity contribution is -0.126. The van der Waals surface area contributed by atoms with Crippen molar-refractivity contribution in [1.82, 2.24) is 5.32 Å². The van der Waals surface area contributed by atoms with E-state index in [2.05, 4.69) is 11.6 Å². The van der Waals surface area contributed by atoms with Crippen molar-refractivity contribution < 1.29 is 9.90 Å². The van der Waals surface area contributed by atoms with E-state index in [1.54, 1.807) is 0 Å². The average molecular weight is 271 g/mol. The van der Waals surface area contributed by atoms with Crippen LogP contribution >= 0.6 is 11.8 Å². The second-order valence-corrected chi connectivity index (χ2v) is 6.92. The predicted octanol–water partition coefficient (Wildman–Crippen LogP) is 2.47. The smallest absolute Gasteiger partial charge is 0.223 e. The molecule has 0 bridgehead atoms. The van der Waals surface area contributed by atoms with Crippen LogP contribution in [0.4, 0.5) is 0 Å². The number of amides is 1. The van der Waals surface area contributed by atoms with Crippen molar-refractivity contribution in [3.63, 3.8) is 0 Å². The second kappa shape index (κ2) is 6.29. The molecule has 2 saturated carbocycles. The largest absolute Gasteiger partial charge is 0.389 e. The summed E-state index contributed by atoms with van der Waals surface area (Å²) in [6.45, 7) is 0. The molecule has 2 aliphatic carbocycles. The van der Waals surface area contributed by atoms with Gasteiger partial charge in [-0.2, -0.15) is 11.8 Å². The predicted molar refractivity (Wildman–Crippen MR) is 75.7 cm³/mol. The van der Waals surface area contributed by atoms with Crippen LogP contribution in [0.1, 0.15) is 57.8 Å². The van der Waals surface area contributed by atoms with Crippen LogP contribution in [0.5, 0.6) is 0 Å². The fraction of sp³-hybridized carbons (Fsp3) is 0.929. The van der Waals surface area contributed by atoms with Crippen LogP contribution in [-0.2, 0) is 4.79 Å². The van der Waals surface area contributed by atoms with E-state index in [1.165, 1.54) is 19.3 Å². The molecule has 3 nitrogen and oxygen atoms in total. The molecule has 2 rings (SSSR count). The standard InChI is InChI=1S/C14H25NO2S/c1-18-12-7-3-2-6-11(12)15-13(16)10-14(17)8-4-5-9-14/h11-12,17H,2-10H2,1H3,(H,15,16)/t11-,12+/m0/s1. The lowest BCUT2D eigenvalue weighted by Crippen LogP contribution is -2.46. The van der Waals surface area contributed by atoms with Gasteiger partial charge in [0.1, 0.15) is 0 Å². The van der Waals surface area contributed by atoms with Crippen molar-refractivity contribution in [3.8, 4) is 0 Å². The van der Waals surface area contributed by atoms with E-state index in [0.717, 1.165) is 32.1 Å². The minimum Gasteiger partial charge on any atom is -0.389 e. The molecule has 0 saturated heterocycles. The molecule has 0 spiro atoms. The number of hydrogen-bond donors (Lipinski definition) is 2. The first-order valence-corrected chi connectivity index (χ1v) is 8.46. The number of carbonyl (C=O) groups excluding carboxylic acids is 1. The van der Waals surface area contributed by atoms with Crippen LogP contribution in [-0.4, -0.2) is 34.2 Å². The molecule has 0 aromatic heterocycles. The Morgan fingerprint density at radius 2 is 1.94 bits per heavy atom. The number of thioether (sulfide) groups is 1. The highest BCUT2D eigenvalue weighted by Crippen LogP contribution is 2.33. The quantitative estimate of drug-likeness (QED) is 0.826. The van der Waals surface area contributed by atoms with E-state index in [0.29, 0.717) is 17.7 Å². The summed E-state index contributed by atoms with van der Waals surface area (Å²) in [6.07, 6.45) is 10.9. The van der Waals surface area contributed by atoms with Crippen LogP contribution < -0.4 is 5.32 Å². The molecular weight excluding hydrogens is 246 g/mol. The minimum atomic E-state index is -0.715. The summed E-state index contributed by atoms with van der Waals surface area (Å²) in [5.74, 6) is 0.0466. The van der Waals surface area contributed by atoms with Crippen LogP contribution in [0.2, 0.25) is 0 Å². The Hall–Kier alpha value is -0.220. The van der Waals surface area contributed by atoms with Crippen molar-refractivity contribution in [2.24, 2.45) is 0 Å². The van der Waals surface area contributed by atoms with Crippen LogP contribution in [0, 0.1) is 0 Å². The molecule has 2 atom stereocenters. The van der Waals surface area contributed by atoms with Crippen molar-refractivity contribution in [2.45, 2.75) is 74.7 Å². The molecule has 0 unspecified atom stereocenters. The summed E-state index contributed by atoms with van der Waals surface area (Å²) in [6, 6.07) is 0.311. The highest BCUT2D eigenvalue weighted by Gasteiger charge is 2.34. The first-order chi connectivity index (χ1) is 8.63. The maximum Gasteiger partial charge on any atom is 0.223 e. The molecule has 0 radical (unpaired) electrons. The Balaban J connectivity index is 1.82. The monoisotopic (exact) mass is 271 g/mol. The van der Waals surface area contributed by atoms with Crippen molar-refractivity contribution in [3.05, 3.63) is 0 Å². The first kappa shape index (κ1) is 14.2. The molecule has 104 valence electrons. The van der Waals surface area contributed by atoms with E-state index < -0.39 is 5.60 Å². The lowest BCUT2D eigenvalue weighted by atomic mass is 9.93. The maximum absolute atomic E-state index is 12.1. The van der Waals surface area contributed by atoms with Gasteiger partial charge in [-0.3, -0.25) is 4.79 Å². The van der Waals surface area contributed by atoms with Gasteiger partial charge in [-0.1, -0.05) is 25.7 Å². The molecule has 0 aliphatic heterocycles. The molecule has 2 aliphatic rings. The van der Waals surface area contributed by atoms with Gasteiger partial charge >= 0.3 is 0 Å². The summed E-state index contributed by atoms with van der Waals surface area (Å²) >= 11 is 1.86. The van der Waals surface area contributed by atoms with E-state index in [4.69, 9.17) is 0 Å². The summed E-state index contributed by atoms with van der Waals surface area (Å²) in [7, 11) is 0. The zero-order chi connectivity index (χ0) is 13.0. The molecule has 2 fully saturated rings. The minimum absolute atomic E-state index is 0.0466. The Morgan fingerprint density at radius 1 is 1.28 bits per heavy atom. The summed E-state index contributed by atoms with van der Waals surface area (Å²) in [5.41, 5.74) is -0.715. The van der Waals surface area contributed by atoms with Crippen molar-refractivity contribution in [1.29, 1.82) is 0 Å². The van der Waals surface area contributed by atoms with Gasteiger partial charge in [0.2, 0.25) is 5.91 Å². The van der Waals surface area contributed by atoms with Gasteiger partial charge in [0, 0.05) is 11.3 Å². The van der Waals surface area contributed by atoms with E-state index in [-0.39, 0.29) is 5.91 Å². The zero-order valence-corrected chi connectivity index (χ0v) is 12.1. The van der Waals surface area contributed by atoms with Gasteiger partial charge in [0.05, 0.1) is 12.0 Å². The van der Waals surface area contributed by atoms with Crippen LogP contribution in [0.15, 0.2) is 0 Å². The summed E-state index contributed by atoms with van der Waals surface area (Å²) < 4.78 is 0. The molecule has 1 amide bonds. The summed E-state index contributed by atoms with van der Waals surface area (Å²) in [5, 5.41) is 14.0. The van der Waals surface area contributed by atoms with Crippen molar-refractivity contribution in [2.75, 3.05) is 6.26 Å². The van der Waals surface area contributed by atoms with Gasteiger partial charge in [-0.15, -0.1) is 0 Å². The third-order valence-electron chi connectivity index (χ3n) is 4.38. The van der Waals surface area contributed by atoms with Gasteiger partial charge in [0.15, 0.2) is 0 Å². The fourth-order valence-electron chi connectivity index (χ4n) is 3.31. The number of carbonyl (C=O) groups is 1. The Morgan fingerprint density at radius 3 is 2.61 bits per heavy atom. The highest BCUT2D eigenvalue weighted by atomic mass is 32.2. The average Bonchev–Trinajstić information content (AvgIpc) is 2.76. The lowest BCUT2D eigenvalue weighted by Gasteiger charge is -2.32. The normalized spacial score (nSPS) is 31.2. The number of rotatable bonds is 4. The molecule has 0 aromatic rings. The van der Waals surface area contributed by atoms with Crippen molar-refractivity contribution >= 4 is 17.7 Å². The third kappa shape index (κ3) is 3.64.